The Balaban J connectivity index is 2.30. The summed E-state index contributed by atoms with van der Waals surface area (Å²) < 4.78 is 31.9. The zero-order valence-electron chi connectivity index (χ0n) is 11.6. The van der Waals surface area contributed by atoms with E-state index in [0.29, 0.717) is 5.56 Å². The minimum atomic E-state index is -1.09. The van der Waals surface area contributed by atoms with Crippen molar-refractivity contribution in [3.63, 3.8) is 0 Å². The lowest BCUT2D eigenvalue weighted by Gasteiger charge is -2.13. The van der Waals surface area contributed by atoms with E-state index in [1.54, 1.807) is 14.1 Å². The van der Waals surface area contributed by atoms with E-state index in [-0.39, 0.29) is 23.1 Å². The molecule has 0 unspecified atom stereocenters. The number of nitrogens with zero attached hydrogens (tertiary/aromatic N) is 1. The first-order valence-corrected chi connectivity index (χ1v) is 6.13. The lowest BCUT2D eigenvalue weighted by molar-refractivity contribution is 0.0827. The van der Waals surface area contributed by atoms with Crippen LogP contribution in [0.5, 0.6) is 11.5 Å². The highest BCUT2D eigenvalue weighted by atomic mass is 19.2. The van der Waals surface area contributed by atoms with Gasteiger partial charge in [-0.1, -0.05) is 6.07 Å². The maximum absolute atomic E-state index is 13.5. The van der Waals surface area contributed by atoms with Crippen LogP contribution in [0, 0.1) is 11.6 Å². The fourth-order valence-electron chi connectivity index (χ4n) is 1.71. The molecule has 4 nitrogen and oxygen atoms in total. The summed E-state index contributed by atoms with van der Waals surface area (Å²) in [5.74, 6) is -2.44. The number of nitrogen functional groups attached to an aromatic ring is 1. The maximum atomic E-state index is 13.5. The van der Waals surface area contributed by atoms with Crippen LogP contribution in [0.4, 0.5) is 14.5 Å². The molecule has 0 aliphatic carbocycles. The highest BCUT2D eigenvalue weighted by Gasteiger charge is 2.14. The molecule has 21 heavy (non-hydrogen) atoms. The smallest absolute Gasteiger partial charge is 0.253 e. The molecule has 0 radical (unpaired) electrons. The second-order valence-corrected chi connectivity index (χ2v) is 4.61. The number of carbonyl (C=O) groups is 1. The van der Waals surface area contributed by atoms with Crippen LogP contribution >= 0.6 is 0 Å². The Kier molecular flexibility index (Phi) is 4.07. The van der Waals surface area contributed by atoms with Crippen LogP contribution in [-0.4, -0.2) is 24.9 Å². The summed E-state index contributed by atoms with van der Waals surface area (Å²) in [5.41, 5.74) is 6.32. The van der Waals surface area contributed by atoms with Crippen molar-refractivity contribution in [2.75, 3.05) is 19.8 Å². The molecule has 0 aliphatic heterocycles. The number of rotatable bonds is 3. The molecule has 2 rings (SSSR count). The maximum Gasteiger partial charge on any atom is 0.253 e. The van der Waals surface area contributed by atoms with Crippen LogP contribution in [0.15, 0.2) is 36.4 Å². The number of anilines is 1. The number of halogens is 2. The van der Waals surface area contributed by atoms with Crippen molar-refractivity contribution in [1.82, 2.24) is 4.90 Å². The Hall–Kier alpha value is -2.63. The van der Waals surface area contributed by atoms with Crippen LogP contribution < -0.4 is 10.5 Å². The Morgan fingerprint density at radius 3 is 2.48 bits per heavy atom. The van der Waals surface area contributed by atoms with Crippen molar-refractivity contribution in [2.45, 2.75) is 0 Å². The predicted octanol–water partition coefficient (Wildman–Crippen LogP) is 3.04. The molecule has 0 atom stereocenters. The summed E-state index contributed by atoms with van der Waals surface area (Å²) >= 11 is 0. The fraction of sp³-hybridized carbons (Fsp3) is 0.133. The highest BCUT2D eigenvalue weighted by molar-refractivity contribution is 5.95. The molecule has 0 heterocycles. The molecule has 110 valence electrons. The van der Waals surface area contributed by atoms with Gasteiger partial charge in [-0.2, -0.15) is 4.39 Å². The number of hydrogen-bond acceptors (Lipinski definition) is 3. The van der Waals surface area contributed by atoms with Crippen LogP contribution in [0.3, 0.4) is 0 Å². The monoisotopic (exact) mass is 292 g/mol. The van der Waals surface area contributed by atoms with Gasteiger partial charge in [0.25, 0.3) is 5.91 Å². The van der Waals surface area contributed by atoms with Crippen LogP contribution in [0.1, 0.15) is 10.4 Å². The second-order valence-electron chi connectivity index (χ2n) is 4.61. The molecule has 0 aliphatic rings. The van der Waals surface area contributed by atoms with Gasteiger partial charge in [0, 0.05) is 19.7 Å². The predicted molar refractivity (Wildman–Crippen MR) is 75.3 cm³/mol. The quantitative estimate of drug-likeness (QED) is 0.885. The fourth-order valence-corrected chi connectivity index (χ4v) is 1.71. The van der Waals surface area contributed by atoms with Gasteiger partial charge in [-0.3, -0.25) is 4.79 Å². The van der Waals surface area contributed by atoms with Crippen molar-refractivity contribution in [1.29, 1.82) is 0 Å². The summed E-state index contributed by atoms with van der Waals surface area (Å²) in [7, 11) is 3.23. The van der Waals surface area contributed by atoms with Gasteiger partial charge in [0.05, 0.1) is 5.69 Å². The summed E-state index contributed by atoms with van der Waals surface area (Å²) in [6.45, 7) is 0. The van der Waals surface area contributed by atoms with E-state index in [1.807, 2.05) is 0 Å². The Bertz CT molecular complexity index is 687. The van der Waals surface area contributed by atoms with Gasteiger partial charge in [0.15, 0.2) is 17.3 Å². The average molecular weight is 292 g/mol. The van der Waals surface area contributed by atoms with Crippen LogP contribution in [0.25, 0.3) is 0 Å². The molecule has 0 aromatic heterocycles. The molecule has 1 amide bonds. The second kappa shape index (κ2) is 5.78. The van der Waals surface area contributed by atoms with E-state index < -0.39 is 11.6 Å². The zero-order valence-corrected chi connectivity index (χ0v) is 11.6. The van der Waals surface area contributed by atoms with Crippen molar-refractivity contribution in [3.05, 3.63) is 53.6 Å². The molecule has 0 bridgehead atoms. The van der Waals surface area contributed by atoms with Gasteiger partial charge < -0.3 is 15.4 Å². The van der Waals surface area contributed by atoms with Gasteiger partial charge in [-0.25, -0.2) is 4.39 Å². The minimum Gasteiger partial charge on any atom is -0.452 e. The molecular weight excluding hydrogens is 278 g/mol. The van der Waals surface area contributed by atoms with Gasteiger partial charge in [0.1, 0.15) is 0 Å². The number of ether oxygens (including phenoxy) is 1. The first kappa shape index (κ1) is 14.8. The molecule has 2 N–H and O–H groups in total. The number of benzene rings is 2. The minimum absolute atomic E-state index is 0.148. The molecule has 0 saturated heterocycles. The highest BCUT2D eigenvalue weighted by Crippen LogP contribution is 2.30. The SMILES string of the molecule is CN(C)C(=O)c1ccc(Oc2cccc(F)c2F)c(N)c1. The van der Waals surface area contributed by atoms with Crippen LogP contribution in [-0.2, 0) is 0 Å². The van der Waals surface area contributed by atoms with E-state index in [4.69, 9.17) is 10.5 Å². The third kappa shape index (κ3) is 3.10. The average Bonchev–Trinajstić information content (AvgIpc) is 2.44. The van der Waals surface area contributed by atoms with E-state index in [0.717, 1.165) is 6.07 Å². The standard InChI is InChI=1S/C15H14F2N2O2/c1-19(2)15(20)9-6-7-12(11(18)8-9)21-13-5-3-4-10(16)14(13)17/h3-8H,18H2,1-2H3. The molecule has 0 fully saturated rings. The summed E-state index contributed by atoms with van der Waals surface area (Å²) in [5, 5.41) is 0. The normalized spacial score (nSPS) is 10.3. The van der Waals surface area contributed by atoms with Crippen molar-refractivity contribution in [3.8, 4) is 11.5 Å². The topological polar surface area (TPSA) is 55.6 Å². The lowest BCUT2D eigenvalue weighted by atomic mass is 10.1. The molecular formula is C15H14F2N2O2. The van der Waals surface area contributed by atoms with Gasteiger partial charge in [-0.05, 0) is 30.3 Å². The molecule has 2 aromatic rings. The number of nitrogens with two attached hydrogens (primary N) is 1. The Morgan fingerprint density at radius 2 is 1.86 bits per heavy atom. The largest absolute Gasteiger partial charge is 0.452 e. The zero-order chi connectivity index (χ0) is 15.6. The van der Waals surface area contributed by atoms with E-state index in [9.17, 15) is 13.6 Å². The summed E-state index contributed by atoms with van der Waals surface area (Å²) in [6.07, 6.45) is 0. The van der Waals surface area contributed by atoms with E-state index in [1.165, 1.54) is 35.2 Å². The third-order valence-corrected chi connectivity index (χ3v) is 2.80. The molecule has 2 aromatic carbocycles. The Labute approximate surface area is 120 Å². The van der Waals surface area contributed by atoms with E-state index in [2.05, 4.69) is 0 Å². The van der Waals surface area contributed by atoms with Crippen molar-refractivity contribution in [2.24, 2.45) is 0 Å². The first-order valence-electron chi connectivity index (χ1n) is 6.13. The first-order chi connectivity index (χ1) is 9.90. The Morgan fingerprint density at radius 1 is 1.14 bits per heavy atom. The van der Waals surface area contributed by atoms with Crippen molar-refractivity contribution < 1.29 is 18.3 Å². The van der Waals surface area contributed by atoms with Crippen LogP contribution in [0.2, 0.25) is 0 Å². The van der Waals surface area contributed by atoms with Gasteiger partial charge in [0.2, 0.25) is 5.82 Å². The number of carbonyl (C=O) groups excluding carboxylic acids is 1. The summed E-state index contributed by atoms with van der Waals surface area (Å²) in [4.78, 5) is 13.2. The van der Waals surface area contributed by atoms with Crippen molar-refractivity contribution >= 4 is 11.6 Å². The third-order valence-electron chi connectivity index (χ3n) is 2.80. The van der Waals surface area contributed by atoms with E-state index >= 15 is 0 Å². The number of hydrogen-bond donors (Lipinski definition) is 1. The molecule has 6 heteroatoms. The lowest BCUT2D eigenvalue weighted by Crippen LogP contribution is -2.21. The van der Waals surface area contributed by atoms with Gasteiger partial charge in [-0.15, -0.1) is 0 Å². The summed E-state index contributed by atoms with van der Waals surface area (Å²) in [6, 6.07) is 7.98. The molecule has 0 spiro atoms. The number of amides is 1. The molecule has 0 saturated carbocycles. The van der Waals surface area contributed by atoms with Gasteiger partial charge >= 0.3 is 0 Å².